The summed E-state index contributed by atoms with van der Waals surface area (Å²) < 4.78 is 24.3. The number of H-pyrrole nitrogens is 1. The number of amides is 1. The van der Waals surface area contributed by atoms with Crippen molar-refractivity contribution in [3.8, 4) is 17.1 Å². The van der Waals surface area contributed by atoms with E-state index in [-0.39, 0.29) is 11.9 Å². The highest BCUT2D eigenvalue weighted by Gasteiger charge is 2.19. The van der Waals surface area contributed by atoms with E-state index in [1.54, 1.807) is 79.7 Å². The molecule has 0 radical (unpaired) electrons. The third-order valence-corrected chi connectivity index (χ3v) is 7.23. The second-order valence-electron chi connectivity index (χ2n) is 8.44. The number of esters is 1. The van der Waals surface area contributed by atoms with Crippen molar-refractivity contribution in [2.24, 2.45) is 0 Å². The highest BCUT2D eigenvalue weighted by Crippen LogP contribution is 2.30. The van der Waals surface area contributed by atoms with Crippen molar-refractivity contribution in [3.63, 3.8) is 0 Å². The van der Waals surface area contributed by atoms with Gasteiger partial charge in [-0.2, -0.15) is 5.21 Å². The lowest BCUT2D eigenvalue weighted by atomic mass is 10.2. The van der Waals surface area contributed by atoms with Gasteiger partial charge in [0.2, 0.25) is 5.82 Å². The first-order chi connectivity index (χ1) is 19.1. The van der Waals surface area contributed by atoms with Crippen molar-refractivity contribution in [1.29, 1.82) is 0 Å². The molecule has 202 valence electrons. The van der Waals surface area contributed by atoms with Crippen LogP contribution < -0.4 is 10.1 Å². The molecule has 1 heterocycles. The van der Waals surface area contributed by atoms with Gasteiger partial charge >= 0.3 is 5.97 Å². The number of hydrogen-bond donors (Lipinski definition) is 2. The number of aromatic nitrogens is 4. The average Bonchev–Trinajstić information content (AvgIpc) is 3.50. The predicted octanol–water partition coefficient (Wildman–Crippen LogP) is 4.79. The molecule has 0 saturated heterocycles. The van der Waals surface area contributed by atoms with Gasteiger partial charge in [0.25, 0.3) is 5.91 Å². The van der Waals surface area contributed by atoms with Gasteiger partial charge in [-0.25, -0.2) is 4.21 Å². The van der Waals surface area contributed by atoms with Gasteiger partial charge in [0.1, 0.15) is 5.75 Å². The molecule has 10 nitrogen and oxygen atoms in total. The Hall–Kier alpha value is -4.38. The van der Waals surface area contributed by atoms with E-state index in [1.165, 1.54) is 0 Å². The second-order valence-corrected chi connectivity index (χ2v) is 9.86. The summed E-state index contributed by atoms with van der Waals surface area (Å²) in [6, 6.07) is 20.9. The number of unbranched alkanes of at least 4 members (excludes halogenated alkanes) is 2. The molecule has 0 bridgehead atoms. The molecule has 0 aliphatic carbocycles. The van der Waals surface area contributed by atoms with Crippen LogP contribution in [0.2, 0.25) is 0 Å². The van der Waals surface area contributed by atoms with E-state index in [1.807, 2.05) is 0 Å². The van der Waals surface area contributed by atoms with E-state index in [0.717, 1.165) is 19.3 Å². The minimum atomic E-state index is -1.62. The number of ether oxygens (including phenoxy) is 2. The number of aromatic amines is 1. The number of nitrogens with zero attached hydrogens (tertiary/aromatic N) is 3. The summed E-state index contributed by atoms with van der Waals surface area (Å²) in [5.74, 6) is 0.474. The summed E-state index contributed by atoms with van der Waals surface area (Å²) in [6.07, 6.45) is 2.85. The molecule has 0 aliphatic heterocycles. The predicted molar refractivity (Wildman–Crippen MR) is 146 cm³/mol. The van der Waals surface area contributed by atoms with Crippen LogP contribution in [-0.4, -0.2) is 49.9 Å². The van der Waals surface area contributed by atoms with Crippen molar-refractivity contribution in [1.82, 2.24) is 20.6 Å². The van der Waals surface area contributed by atoms with Gasteiger partial charge in [0.05, 0.1) is 39.5 Å². The third kappa shape index (κ3) is 7.57. The monoisotopic (exact) mass is 547 g/mol. The van der Waals surface area contributed by atoms with Crippen LogP contribution in [0.5, 0.6) is 5.75 Å². The smallest absolute Gasteiger partial charge is 0.305 e. The lowest BCUT2D eigenvalue weighted by Gasteiger charge is -2.13. The number of benzene rings is 3. The zero-order valence-electron chi connectivity index (χ0n) is 21.5. The van der Waals surface area contributed by atoms with Crippen molar-refractivity contribution < 1.29 is 23.3 Å². The van der Waals surface area contributed by atoms with E-state index in [0.29, 0.717) is 57.8 Å². The number of para-hydroxylation sites is 1. The number of carbonyl (C=O) groups excluding carboxylic acids is 2. The summed E-state index contributed by atoms with van der Waals surface area (Å²) in [6.45, 7) is 2.71. The summed E-state index contributed by atoms with van der Waals surface area (Å²) in [5, 5.41) is 16.9. The minimum Gasteiger partial charge on any atom is -0.494 e. The summed E-state index contributed by atoms with van der Waals surface area (Å²) in [4.78, 5) is 25.3. The Bertz CT molecular complexity index is 1410. The summed E-state index contributed by atoms with van der Waals surface area (Å²) in [5.41, 5.74) is 1.46. The Morgan fingerprint density at radius 2 is 1.67 bits per heavy atom. The lowest BCUT2D eigenvalue weighted by Crippen LogP contribution is -2.14. The molecule has 1 amide bonds. The Labute approximate surface area is 228 Å². The molecule has 0 fully saturated rings. The molecule has 0 aliphatic rings. The van der Waals surface area contributed by atoms with Crippen molar-refractivity contribution in [3.05, 3.63) is 78.4 Å². The van der Waals surface area contributed by atoms with E-state index in [2.05, 4.69) is 25.9 Å². The molecular weight excluding hydrogens is 518 g/mol. The topological polar surface area (TPSA) is 136 Å². The van der Waals surface area contributed by atoms with Crippen molar-refractivity contribution in [2.45, 2.75) is 42.4 Å². The van der Waals surface area contributed by atoms with Gasteiger partial charge in [-0.15, -0.1) is 10.2 Å². The fourth-order valence-corrected chi connectivity index (χ4v) is 5.13. The highest BCUT2D eigenvalue weighted by molar-refractivity contribution is 7.85. The van der Waals surface area contributed by atoms with Crippen LogP contribution in [0.3, 0.4) is 0 Å². The Balaban J connectivity index is 1.36. The fourth-order valence-electron chi connectivity index (χ4n) is 3.81. The highest BCUT2D eigenvalue weighted by atomic mass is 32.2. The fraction of sp³-hybridized carbons (Fsp3) is 0.250. The molecule has 4 rings (SSSR count). The standard InChI is InChI=1S/C28H29N5O5S/c1-2-37-26(34)14-4-3-9-19-38-21-17-15-20(16-18-21)28(35)29-23-11-6-8-13-25(23)39(36)24-12-7-5-10-22(24)27-30-32-33-31-27/h5-8,10-13,15-18H,2-4,9,14,19H2,1H3,(H,29,35)(H,30,31,32,33). The normalized spacial score (nSPS) is 11.5. The molecule has 3 aromatic carbocycles. The lowest BCUT2D eigenvalue weighted by molar-refractivity contribution is -0.143. The number of tetrazole rings is 1. The van der Waals surface area contributed by atoms with Crippen LogP contribution in [-0.2, 0) is 20.3 Å². The van der Waals surface area contributed by atoms with E-state index >= 15 is 0 Å². The number of nitrogens with one attached hydrogen (secondary N) is 2. The molecule has 39 heavy (non-hydrogen) atoms. The van der Waals surface area contributed by atoms with Crippen LogP contribution >= 0.6 is 0 Å². The molecule has 1 unspecified atom stereocenters. The molecule has 11 heteroatoms. The van der Waals surface area contributed by atoms with Gasteiger partial charge in [-0.3, -0.25) is 9.59 Å². The van der Waals surface area contributed by atoms with Crippen LogP contribution in [0.15, 0.2) is 82.6 Å². The molecule has 2 N–H and O–H groups in total. The zero-order valence-corrected chi connectivity index (χ0v) is 22.3. The van der Waals surface area contributed by atoms with Crippen LogP contribution in [0.1, 0.15) is 43.0 Å². The first-order valence-electron chi connectivity index (χ1n) is 12.6. The average molecular weight is 548 g/mol. The Morgan fingerprint density at radius 3 is 2.41 bits per heavy atom. The number of anilines is 1. The van der Waals surface area contributed by atoms with Crippen molar-refractivity contribution in [2.75, 3.05) is 18.5 Å². The quantitative estimate of drug-likeness (QED) is 0.180. The molecular formula is C28H29N5O5S. The van der Waals surface area contributed by atoms with Gasteiger partial charge in [-0.05, 0) is 79.9 Å². The summed E-state index contributed by atoms with van der Waals surface area (Å²) >= 11 is 0. The number of rotatable bonds is 13. The minimum absolute atomic E-state index is 0.171. The van der Waals surface area contributed by atoms with Crippen LogP contribution in [0.25, 0.3) is 11.4 Å². The zero-order chi connectivity index (χ0) is 27.5. The maximum atomic E-state index is 13.6. The molecule has 1 atom stereocenters. The Morgan fingerprint density at radius 1 is 0.923 bits per heavy atom. The molecule has 0 saturated carbocycles. The molecule has 1 aromatic heterocycles. The first-order valence-corrected chi connectivity index (χ1v) is 13.7. The van der Waals surface area contributed by atoms with Crippen molar-refractivity contribution >= 4 is 28.4 Å². The number of carbonyl (C=O) groups is 2. The van der Waals surface area contributed by atoms with E-state index in [9.17, 15) is 13.8 Å². The third-order valence-electron chi connectivity index (χ3n) is 5.72. The Kier molecular flexibility index (Phi) is 9.90. The van der Waals surface area contributed by atoms with Gasteiger partial charge in [0.15, 0.2) is 0 Å². The summed E-state index contributed by atoms with van der Waals surface area (Å²) in [7, 11) is -1.62. The van der Waals surface area contributed by atoms with Crippen LogP contribution in [0, 0.1) is 0 Å². The van der Waals surface area contributed by atoms with E-state index in [4.69, 9.17) is 9.47 Å². The van der Waals surface area contributed by atoms with Gasteiger partial charge in [-0.1, -0.05) is 24.3 Å². The SMILES string of the molecule is CCOC(=O)CCCCCOc1ccc(C(=O)Nc2ccccc2S(=O)c2ccccc2-c2nn[nH]n2)cc1. The van der Waals surface area contributed by atoms with Crippen LogP contribution in [0.4, 0.5) is 5.69 Å². The van der Waals surface area contributed by atoms with Gasteiger partial charge < -0.3 is 14.8 Å². The second kappa shape index (κ2) is 14.0. The van der Waals surface area contributed by atoms with Gasteiger partial charge in [0, 0.05) is 17.5 Å². The maximum absolute atomic E-state index is 13.6. The first kappa shape index (κ1) is 27.6. The largest absolute Gasteiger partial charge is 0.494 e. The van der Waals surface area contributed by atoms with E-state index < -0.39 is 10.8 Å². The molecule has 0 spiro atoms. The maximum Gasteiger partial charge on any atom is 0.305 e. The molecule has 4 aromatic rings. The number of hydrogen-bond acceptors (Lipinski definition) is 8.